The molecule has 0 bridgehead atoms. The van der Waals surface area contributed by atoms with Crippen LogP contribution in [-0.4, -0.2) is 63.6 Å². The number of aromatic nitrogens is 2. The summed E-state index contributed by atoms with van der Waals surface area (Å²) < 4.78 is 54.0. The normalized spacial score (nSPS) is 15.0. The van der Waals surface area contributed by atoms with Crippen LogP contribution in [0.1, 0.15) is 11.4 Å². The van der Waals surface area contributed by atoms with Gasteiger partial charge in [0, 0.05) is 18.7 Å². The Labute approximate surface area is 200 Å². The van der Waals surface area contributed by atoms with E-state index in [-0.39, 0.29) is 36.7 Å². The molecule has 0 saturated carbocycles. The highest BCUT2D eigenvalue weighted by molar-refractivity contribution is 7.92. The zero-order chi connectivity index (χ0) is 25.4. The number of rotatable bonds is 9. The molecule has 0 aliphatic carbocycles. The van der Waals surface area contributed by atoms with Crippen LogP contribution in [-0.2, 0) is 26.6 Å². The Bertz CT molecular complexity index is 1560. The largest absolute Gasteiger partial charge is 0.390 e. The number of imidazole rings is 1. The number of azo groups is 1. The molecule has 0 saturated heterocycles. The van der Waals surface area contributed by atoms with E-state index in [0.29, 0.717) is 22.4 Å². The lowest BCUT2D eigenvalue weighted by Crippen LogP contribution is -2.37. The predicted molar refractivity (Wildman–Crippen MR) is 127 cm³/mol. The molecule has 1 atom stereocenters. The van der Waals surface area contributed by atoms with Gasteiger partial charge in [-0.05, 0) is 17.7 Å². The third-order valence-corrected chi connectivity index (χ3v) is 7.78. The maximum atomic E-state index is 13.1. The molecule has 35 heavy (non-hydrogen) atoms. The quantitative estimate of drug-likeness (QED) is 0.205. The first kappa shape index (κ1) is 25.0. The van der Waals surface area contributed by atoms with E-state index < -0.39 is 42.5 Å². The van der Waals surface area contributed by atoms with Gasteiger partial charge >= 0.3 is 0 Å². The van der Waals surface area contributed by atoms with Crippen LogP contribution in [0.15, 0.2) is 55.3 Å². The number of nitrogens with one attached hydrogen (secondary N) is 2. The van der Waals surface area contributed by atoms with Gasteiger partial charge in [0.1, 0.15) is 15.6 Å². The second kappa shape index (κ2) is 9.50. The summed E-state index contributed by atoms with van der Waals surface area (Å²) in [5.41, 5.74) is 12.8. The molecule has 0 amide bonds. The smallest absolute Gasteiger partial charge is 0.242 e. The molecule has 0 fully saturated rings. The highest BCUT2D eigenvalue weighted by Gasteiger charge is 2.33. The van der Waals surface area contributed by atoms with Crippen LogP contribution in [0.5, 0.6) is 0 Å². The summed E-state index contributed by atoms with van der Waals surface area (Å²) in [6.45, 7) is -0.567. The molecule has 0 unspecified atom stereocenters. The lowest BCUT2D eigenvalue weighted by molar-refractivity contribution is 0.186. The van der Waals surface area contributed by atoms with Crippen molar-refractivity contribution in [2.75, 3.05) is 19.8 Å². The van der Waals surface area contributed by atoms with Crippen LogP contribution in [0, 0.1) is 0 Å². The van der Waals surface area contributed by atoms with Gasteiger partial charge in [-0.1, -0.05) is 18.2 Å². The van der Waals surface area contributed by atoms with Gasteiger partial charge < -0.3 is 21.6 Å². The number of nitrogens with two attached hydrogens (primary N) is 3. The number of aliphatic hydroxyl groups excluding tert-OH is 1. The highest BCUT2D eigenvalue weighted by atomic mass is 32.2. The Kier molecular flexibility index (Phi) is 6.78. The van der Waals surface area contributed by atoms with Gasteiger partial charge in [0.05, 0.1) is 29.2 Å². The maximum absolute atomic E-state index is 13.1. The Morgan fingerprint density at radius 3 is 2.51 bits per heavy atom. The minimum atomic E-state index is -4.65. The number of amidine groups is 1. The Hall–Kier alpha value is -3.12. The number of benzene rings is 2. The third-order valence-electron chi connectivity index (χ3n) is 5.19. The molecule has 4 rings (SSSR count). The summed E-state index contributed by atoms with van der Waals surface area (Å²) in [6, 6.07) is 7.70. The second-order valence-electron chi connectivity index (χ2n) is 7.56. The van der Waals surface area contributed by atoms with Crippen molar-refractivity contribution in [3.05, 3.63) is 41.7 Å². The molecular weight excluding hydrogens is 498 g/mol. The minimum Gasteiger partial charge on any atom is -0.390 e. The summed E-state index contributed by atoms with van der Waals surface area (Å²) in [5, 5.41) is 22.9. The number of sulfonamides is 2. The van der Waals surface area contributed by atoms with Crippen LogP contribution in [0.3, 0.4) is 0 Å². The number of H-pyrrole nitrogens is 1. The van der Waals surface area contributed by atoms with Crippen LogP contribution >= 0.6 is 0 Å². The van der Waals surface area contributed by atoms with Crippen molar-refractivity contribution in [1.29, 1.82) is 0 Å². The molecule has 14 nitrogen and oxygen atoms in total. The van der Waals surface area contributed by atoms with Crippen LogP contribution in [0.25, 0.3) is 22.2 Å². The molecule has 16 heteroatoms. The minimum absolute atomic E-state index is 0.0688. The number of primary sulfonamides is 1. The van der Waals surface area contributed by atoms with E-state index in [0.717, 1.165) is 6.07 Å². The molecule has 0 radical (unpaired) electrons. The topological polar surface area (TPSA) is 244 Å². The molecule has 186 valence electrons. The summed E-state index contributed by atoms with van der Waals surface area (Å²) in [6.07, 6.45) is -1.18. The molecule has 0 spiro atoms. The highest BCUT2D eigenvalue weighted by Crippen LogP contribution is 2.37. The SMILES string of the molecule is NCc1nc2c(-c3ccc(S(=O)(=O)NC[C@H](O)CN)c(S(N)(=O)=O)c3C3=NCN=N3)cccc2[nH]1. The van der Waals surface area contributed by atoms with Crippen molar-refractivity contribution in [2.24, 2.45) is 31.8 Å². The van der Waals surface area contributed by atoms with Gasteiger partial charge in [-0.25, -0.2) is 36.7 Å². The average molecular weight is 522 g/mol. The van der Waals surface area contributed by atoms with E-state index in [4.69, 9.17) is 16.6 Å². The van der Waals surface area contributed by atoms with Crippen molar-refractivity contribution < 1.29 is 21.9 Å². The molecular formula is C19H23N9O5S2. The third kappa shape index (κ3) is 4.85. The van der Waals surface area contributed by atoms with Gasteiger partial charge in [-0.2, -0.15) is 5.11 Å². The van der Waals surface area contributed by atoms with Crippen molar-refractivity contribution in [1.82, 2.24) is 14.7 Å². The molecule has 9 N–H and O–H groups in total. The van der Waals surface area contributed by atoms with Gasteiger partial charge in [-0.15, -0.1) is 5.11 Å². The van der Waals surface area contributed by atoms with Crippen LogP contribution < -0.4 is 21.3 Å². The first-order valence-electron chi connectivity index (χ1n) is 10.2. The first-order chi connectivity index (χ1) is 16.6. The van der Waals surface area contributed by atoms with Gasteiger partial charge in [0.15, 0.2) is 12.5 Å². The number of para-hydroxylation sites is 1. The average Bonchev–Trinajstić information content (AvgIpc) is 3.50. The number of aliphatic hydroxyl groups is 1. The standard InChI is InChI=1S/C19H23N9O5S2/c20-6-10(29)8-25-35(32,33)14-5-4-11(12-2-1-3-13-17(12)27-15(7-21)26-13)16(18(14)34(22,30)31)19-23-9-24-28-19/h1-5,10,25,29H,6-9,20-21H2,(H,26,27)(H2,22,30,31)/t10-/m1/s1. The molecule has 1 aromatic heterocycles. The Morgan fingerprint density at radius 1 is 1.11 bits per heavy atom. The summed E-state index contributed by atoms with van der Waals surface area (Å²) in [4.78, 5) is 10.3. The summed E-state index contributed by atoms with van der Waals surface area (Å²) in [5.74, 6) is 0.398. The van der Waals surface area contributed by atoms with Crippen molar-refractivity contribution >= 4 is 36.9 Å². The second-order valence-corrected chi connectivity index (χ2v) is 10.8. The summed E-state index contributed by atoms with van der Waals surface area (Å²) in [7, 11) is -9.11. The van der Waals surface area contributed by atoms with Crippen LogP contribution in [0.2, 0.25) is 0 Å². The van der Waals surface area contributed by atoms with E-state index in [1.807, 2.05) is 0 Å². The predicted octanol–water partition coefficient (Wildman–Crippen LogP) is -0.896. The van der Waals surface area contributed by atoms with E-state index in [1.54, 1.807) is 18.2 Å². The van der Waals surface area contributed by atoms with E-state index in [9.17, 15) is 21.9 Å². The van der Waals surface area contributed by atoms with Gasteiger partial charge in [0.2, 0.25) is 20.0 Å². The van der Waals surface area contributed by atoms with E-state index in [2.05, 4.69) is 29.9 Å². The monoisotopic (exact) mass is 521 g/mol. The fourth-order valence-corrected chi connectivity index (χ4v) is 6.30. The molecule has 3 aromatic rings. The number of hydrogen-bond acceptors (Lipinski definition) is 11. The van der Waals surface area contributed by atoms with Crippen LogP contribution in [0.4, 0.5) is 0 Å². The molecule has 2 aromatic carbocycles. The summed E-state index contributed by atoms with van der Waals surface area (Å²) >= 11 is 0. The first-order valence-corrected chi connectivity index (χ1v) is 13.3. The number of fused-ring (bicyclic) bond motifs is 1. The lowest BCUT2D eigenvalue weighted by Gasteiger charge is -2.18. The van der Waals surface area contributed by atoms with Gasteiger partial charge in [-0.3, -0.25) is 0 Å². The fourth-order valence-electron chi connectivity index (χ4n) is 3.63. The van der Waals surface area contributed by atoms with Crippen molar-refractivity contribution in [3.63, 3.8) is 0 Å². The fraction of sp³-hybridized carbons (Fsp3) is 0.263. The zero-order valence-corrected chi connectivity index (χ0v) is 19.8. The van der Waals surface area contributed by atoms with E-state index >= 15 is 0 Å². The number of hydrogen-bond donors (Lipinski definition) is 6. The lowest BCUT2D eigenvalue weighted by atomic mass is 9.97. The number of aliphatic imine (C=N–C) groups is 1. The maximum Gasteiger partial charge on any atom is 0.242 e. The number of aromatic amines is 1. The number of nitrogens with zero attached hydrogens (tertiary/aromatic N) is 4. The Morgan fingerprint density at radius 2 is 1.89 bits per heavy atom. The van der Waals surface area contributed by atoms with Gasteiger partial charge in [0.25, 0.3) is 0 Å². The zero-order valence-electron chi connectivity index (χ0n) is 18.2. The van der Waals surface area contributed by atoms with Crippen molar-refractivity contribution in [3.8, 4) is 11.1 Å². The molecule has 1 aliphatic rings. The van der Waals surface area contributed by atoms with E-state index in [1.165, 1.54) is 6.07 Å². The van der Waals surface area contributed by atoms with Crippen molar-refractivity contribution in [2.45, 2.75) is 22.4 Å². The molecule has 1 aliphatic heterocycles. The molecule has 2 heterocycles. The Balaban J connectivity index is 2.04.